The SMILES string of the molecule is CCNCc1coc2ccc(C(C)(C)CC)cc12. The molecule has 0 radical (unpaired) electrons. The smallest absolute Gasteiger partial charge is 0.134 e. The average Bonchev–Trinajstić information content (AvgIpc) is 2.78. The van der Waals surface area contributed by atoms with E-state index in [1.54, 1.807) is 0 Å². The summed E-state index contributed by atoms with van der Waals surface area (Å²) in [5.41, 5.74) is 3.84. The Labute approximate surface area is 109 Å². The van der Waals surface area contributed by atoms with Gasteiger partial charge in [0, 0.05) is 17.5 Å². The van der Waals surface area contributed by atoms with Crippen LogP contribution in [0.3, 0.4) is 0 Å². The molecule has 1 aromatic heterocycles. The first-order valence-electron chi connectivity index (χ1n) is 6.79. The van der Waals surface area contributed by atoms with E-state index in [1.807, 2.05) is 6.26 Å². The lowest BCUT2D eigenvalue weighted by Gasteiger charge is -2.23. The predicted octanol–water partition coefficient (Wildman–Crippen LogP) is 4.23. The maximum Gasteiger partial charge on any atom is 0.134 e. The molecule has 1 heterocycles. The zero-order valence-electron chi connectivity index (χ0n) is 11.8. The second-order valence-electron chi connectivity index (χ2n) is 5.49. The summed E-state index contributed by atoms with van der Waals surface area (Å²) in [6.45, 7) is 10.8. The van der Waals surface area contributed by atoms with Gasteiger partial charge in [-0.05, 0) is 36.1 Å². The van der Waals surface area contributed by atoms with E-state index in [-0.39, 0.29) is 5.41 Å². The van der Waals surface area contributed by atoms with E-state index in [2.05, 4.69) is 51.2 Å². The van der Waals surface area contributed by atoms with Crippen LogP contribution in [0.4, 0.5) is 0 Å². The molecule has 0 bridgehead atoms. The van der Waals surface area contributed by atoms with Crippen LogP contribution in [0.25, 0.3) is 11.0 Å². The molecular weight excluding hydrogens is 222 g/mol. The normalized spacial score (nSPS) is 12.2. The van der Waals surface area contributed by atoms with Crippen LogP contribution in [0, 0.1) is 0 Å². The average molecular weight is 245 g/mol. The van der Waals surface area contributed by atoms with Gasteiger partial charge in [-0.2, -0.15) is 0 Å². The molecule has 98 valence electrons. The molecule has 18 heavy (non-hydrogen) atoms. The van der Waals surface area contributed by atoms with E-state index >= 15 is 0 Å². The van der Waals surface area contributed by atoms with Crippen LogP contribution in [0.1, 0.15) is 45.2 Å². The highest BCUT2D eigenvalue weighted by molar-refractivity contribution is 5.82. The molecule has 0 saturated heterocycles. The van der Waals surface area contributed by atoms with Gasteiger partial charge in [0.2, 0.25) is 0 Å². The summed E-state index contributed by atoms with van der Waals surface area (Å²) in [7, 11) is 0. The molecule has 2 nitrogen and oxygen atoms in total. The minimum Gasteiger partial charge on any atom is -0.464 e. The quantitative estimate of drug-likeness (QED) is 0.852. The third-order valence-electron chi connectivity index (χ3n) is 3.88. The zero-order chi connectivity index (χ0) is 13.2. The van der Waals surface area contributed by atoms with Crippen molar-refractivity contribution in [2.24, 2.45) is 0 Å². The zero-order valence-corrected chi connectivity index (χ0v) is 11.8. The van der Waals surface area contributed by atoms with E-state index in [4.69, 9.17) is 4.42 Å². The van der Waals surface area contributed by atoms with Crippen molar-refractivity contribution < 1.29 is 4.42 Å². The first-order chi connectivity index (χ1) is 8.58. The predicted molar refractivity (Wildman–Crippen MR) is 76.9 cm³/mol. The summed E-state index contributed by atoms with van der Waals surface area (Å²) in [4.78, 5) is 0. The van der Waals surface area contributed by atoms with Crippen molar-refractivity contribution in [3.05, 3.63) is 35.6 Å². The van der Waals surface area contributed by atoms with Crippen LogP contribution in [0.15, 0.2) is 28.9 Å². The summed E-state index contributed by atoms with van der Waals surface area (Å²) in [5.74, 6) is 0. The van der Waals surface area contributed by atoms with Gasteiger partial charge in [-0.25, -0.2) is 0 Å². The van der Waals surface area contributed by atoms with E-state index in [0.717, 1.165) is 25.1 Å². The van der Waals surface area contributed by atoms with Crippen LogP contribution in [-0.2, 0) is 12.0 Å². The van der Waals surface area contributed by atoms with Crippen LogP contribution >= 0.6 is 0 Å². The van der Waals surface area contributed by atoms with Crippen LogP contribution in [-0.4, -0.2) is 6.54 Å². The Bertz CT molecular complexity index is 525. The Kier molecular flexibility index (Phi) is 3.76. The van der Waals surface area contributed by atoms with E-state index in [0.29, 0.717) is 0 Å². The van der Waals surface area contributed by atoms with Crippen LogP contribution in [0.5, 0.6) is 0 Å². The molecule has 0 amide bonds. The molecule has 0 spiro atoms. The van der Waals surface area contributed by atoms with Crippen molar-refractivity contribution in [3.8, 4) is 0 Å². The first-order valence-corrected chi connectivity index (χ1v) is 6.79. The van der Waals surface area contributed by atoms with Gasteiger partial charge in [-0.15, -0.1) is 0 Å². The Morgan fingerprint density at radius 3 is 2.67 bits per heavy atom. The van der Waals surface area contributed by atoms with Gasteiger partial charge in [0.1, 0.15) is 5.58 Å². The molecule has 2 heteroatoms. The maximum absolute atomic E-state index is 5.61. The Balaban J connectivity index is 2.42. The van der Waals surface area contributed by atoms with Crippen molar-refractivity contribution in [2.75, 3.05) is 6.54 Å². The van der Waals surface area contributed by atoms with E-state index in [9.17, 15) is 0 Å². The Morgan fingerprint density at radius 2 is 2.00 bits per heavy atom. The second kappa shape index (κ2) is 5.15. The molecule has 1 N–H and O–H groups in total. The van der Waals surface area contributed by atoms with Crippen molar-refractivity contribution >= 4 is 11.0 Å². The molecule has 0 aliphatic carbocycles. The summed E-state index contributed by atoms with van der Waals surface area (Å²) >= 11 is 0. The molecule has 0 atom stereocenters. The van der Waals surface area contributed by atoms with Gasteiger partial charge in [-0.3, -0.25) is 0 Å². The lowest BCUT2D eigenvalue weighted by Crippen LogP contribution is -2.15. The summed E-state index contributed by atoms with van der Waals surface area (Å²) in [6, 6.07) is 6.57. The first kappa shape index (κ1) is 13.2. The van der Waals surface area contributed by atoms with Crippen molar-refractivity contribution in [1.82, 2.24) is 5.32 Å². The minimum atomic E-state index is 0.223. The molecule has 0 aliphatic heterocycles. The van der Waals surface area contributed by atoms with Gasteiger partial charge in [-0.1, -0.05) is 33.8 Å². The third-order valence-corrected chi connectivity index (χ3v) is 3.88. The number of fused-ring (bicyclic) bond motifs is 1. The van der Waals surface area contributed by atoms with Crippen molar-refractivity contribution in [2.45, 2.75) is 46.1 Å². The Morgan fingerprint density at radius 1 is 1.22 bits per heavy atom. The number of hydrogen-bond donors (Lipinski definition) is 1. The monoisotopic (exact) mass is 245 g/mol. The highest BCUT2D eigenvalue weighted by Crippen LogP contribution is 2.31. The summed E-state index contributed by atoms with van der Waals surface area (Å²) < 4.78 is 5.61. The van der Waals surface area contributed by atoms with Crippen molar-refractivity contribution in [3.63, 3.8) is 0 Å². The molecule has 0 fully saturated rings. The summed E-state index contributed by atoms with van der Waals surface area (Å²) in [6.07, 6.45) is 3.01. The molecule has 0 saturated carbocycles. The molecule has 2 aromatic rings. The highest BCUT2D eigenvalue weighted by Gasteiger charge is 2.19. The van der Waals surface area contributed by atoms with Crippen molar-refractivity contribution in [1.29, 1.82) is 0 Å². The lowest BCUT2D eigenvalue weighted by atomic mass is 9.82. The summed E-state index contributed by atoms with van der Waals surface area (Å²) in [5, 5.41) is 4.60. The fourth-order valence-corrected chi connectivity index (χ4v) is 2.10. The van der Waals surface area contributed by atoms with Gasteiger partial charge >= 0.3 is 0 Å². The minimum absolute atomic E-state index is 0.223. The molecule has 2 rings (SSSR count). The van der Waals surface area contributed by atoms with Gasteiger partial charge in [0.25, 0.3) is 0 Å². The molecule has 0 aliphatic rings. The third kappa shape index (κ3) is 2.44. The molecule has 0 unspecified atom stereocenters. The highest BCUT2D eigenvalue weighted by atomic mass is 16.3. The van der Waals surface area contributed by atoms with Gasteiger partial charge in [0.15, 0.2) is 0 Å². The number of rotatable bonds is 5. The van der Waals surface area contributed by atoms with E-state index < -0.39 is 0 Å². The maximum atomic E-state index is 5.61. The second-order valence-corrected chi connectivity index (χ2v) is 5.49. The standard InChI is InChI=1S/C16H23NO/c1-5-16(3,4)13-7-8-15-14(9-13)12(11-18-15)10-17-6-2/h7-9,11,17H,5-6,10H2,1-4H3. The molecular formula is C16H23NO. The van der Waals surface area contributed by atoms with E-state index in [1.165, 1.54) is 16.5 Å². The molecule has 1 aromatic carbocycles. The van der Waals surface area contributed by atoms with Crippen LogP contribution < -0.4 is 5.32 Å². The number of benzene rings is 1. The number of nitrogens with one attached hydrogen (secondary N) is 1. The van der Waals surface area contributed by atoms with Gasteiger partial charge in [0.05, 0.1) is 6.26 Å². The van der Waals surface area contributed by atoms with Crippen LogP contribution in [0.2, 0.25) is 0 Å². The van der Waals surface area contributed by atoms with Gasteiger partial charge < -0.3 is 9.73 Å². The topological polar surface area (TPSA) is 25.2 Å². The number of hydrogen-bond acceptors (Lipinski definition) is 2. The fourth-order valence-electron chi connectivity index (χ4n) is 2.10. The fraction of sp³-hybridized carbons (Fsp3) is 0.500. The lowest BCUT2D eigenvalue weighted by molar-refractivity contribution is 0.506. The number of furan rings is 1. The Hall–Kier alpha value is -1.28. The largest absolute Gasteiger partial charge is 0.464 e.